The van der Waals surface area contributed by atoms with Crippen molar-refractivity contribution in [3.8, 4) is 5.75 Å². The third-order valence-electron chi connectivity index (χ3n) is 2.28. The van der Waals surface area contributed by atoms with Crippen molar-refractivity contribution in [3.63, 3.8) is 0 Å². The van der Waals surface area contributed by atoms with Gasteiger partial charge in [-0.2, -0.15) is 0 Å². The zero-order valence-corrected chi connectivity index (χ0v) is 12.1. The molecule has 0 bridgehead atoms. The molecule has 2 rings (SSSR count). The Hall–Kier alpha value is -2.06. The molecule has 0 saturated carbocycles. The van der Waals surface area contributed by atoms with Crippen LogP contribution in [-0.4, -0.2) is 25.5 Å². The number of sulfonamides is 1. The van der Waals surface area contributed by atoms with Gasteiger partial charge >= 0.3 is 0 Å². The van der Waals surface area contributed by atoms with Crippen LogP contribution in [0, 0.1) is 0 Å². The number of methoxy groups -OCH3 is 1. The van der Waals surface area contributed by atoms with Crippen LogP contribution in [0.15, 0.2) is 41.6 Å². The third kappa shape index (κ3) is 3.72. The van der Waals surface area contributed by atoms with Gasteiger partial charge in [-0.3, -0.25) is 0 Å². The van der Waals surface area contributed by atoms with E-state index in [2.05, 4.69) is 14.7 Å². The van der Waals surface area contributed by atoms with Crippen LogP contribution in [0.4, 0.5) is 11.6 Å². The van der Waals surface area contributed by atoms with Gasteiger partial charge in [0, 0.05) is 5.69 Å². The summed E-state index contributed by atoms with van der Waals surface area (Å²) in [6, 6.07) is 5.81. The number of nitrogens with two attached hydrogens (primary N) is 1. The highest BCUT2D eigenvalue weighted by molar-refractivity contribution is 7.92. The molecule has 3 N–H and O–H groups in total. The van der Waals surface area contributed by atoms with Crippen molar-refractivity contribution >= 4 is 34.1 Å². The van der Waals surface area contributed by atoms with Crippen LogP contribution in [0.5, 0.6) is 5.75 Å². The minimum Gasteiger partial charge on any atom is -0.494 e. The van der Waals surface area contributed by atoms with E-state index < -0.39 is 10.0 Å². The number of hydrogen-bond acceptors (Lipinski definition) is 6. The molecule has 2 aromatic rings. The van der Waals surface area contributed by atoms with Crippen molar-refractivity contribution in [2.75, 3.05) is 17.6 Å². The molecule has 0 radical (unpaired) electrons. The second kappa shape index (κ2) is 6.40. The van der Waals surface area contributed by atoms with E-state index in [0.717, 1.165) is 0 Å². The Labute approximate surface area is 122 Å². The third-order valence-corrected chi connectivity index (χ3v) is 3.62. The standard InChI is InChI=1S/C11H12N4O3S.ClH/c1-18-9-6-13-11(14-7-9)15-19(16,17)10-4-2-8(12)3-5-10;/h2-7H,12H2,1H3,(H,13,14,15);1H. The second-order valence-corrected chi connectivity index (χ2v) is 5.30. The summed E-state index contributed by atoms with van der Waals surface area (Å²) in [4.78, 5) is 7.74. The molecule has 0 fully saturated rings. The molecule has 0 spiro atoms. The van der Waals surface area contributed by atoms with Crippen molar-refractivity contribution in [2.24, 2.45) is 0 Å². The van der Waals surface area contributed by atoms with Gasteiger partial charge in [0.05, 0.1) is 24.4 Å². The van der Waals surface area contributed by atoms with E-state index in [-0.39, 0.29) is 23.3 Å². The minimum atomic E-state index is -3.72. The lowest BCUT2D eigenvalue weighted by molar-refractivity contribution is 0.411. The first-order chi connectivity index (χ1) is 9.01. The molecular weight excluding hydrogens is 304 g/mol. The van der Waals surface area contributed by atoms with E-state index in [9.17, 15) is 8.42 Å². The lowest BCUT2D eigenvalue weighted by Crippen LogP contribution is -2.14. The first-order valence-corrected chi connectivity index (χ1v) is 6.74. The van der Waals surface area contributed by atoms with Crippen LogP contribution in [-0.2, 0) is 10.0 Å². The van der Waals surface area contributed by atoms with Crippen LogP contribution in [0.2, 0.25) is 0 Å². The molecular formula is C11H13ClN4O3S. The lowest BCUT2D eigenvalue weighted by atomic mass is 10.3. The van der Waals surface area contributed by atoms with Gasteiger partial charge < -0.3 is 10.5 Å². The zero-order valence-electron chi connectivity index (χ0n) is 10.5. The summed E-state index contributed by atoms with van der Waals surface area (Å²) in [5.41, 5.74) is 5.99. The predicted octanol–water partition coefficient (Wildman–Crippen LogP) is 1.29. The lowest BCUT2D eigenvalue weighted by Gasteiger charge is -2.07. The first kappa shape index (κ1) is 16.0. The van der Waals surface area contributed by atoms with Crippen molar-refractivity contribution in [3.05, 3.63) is 36.7 Å². The number of nitrogens with one attached hydrogen (secondary N) is 1. The molecule has 1 heterocycles. The monoisotopic (exact) mass is 316 g/mol. The molecule has 1 aromatic heterocycles. The quantitative estimate of drug-likeness (QED) is 0.823. The van der Waals surface area contributed by atoms with E-state index in [0.29, 0.717) is 11.4 Å². The number of benzene rings is 1. The average molecular weight is 317 g/mol. The van der Waals surface area contributed by atoms with Gasteiger partial charge in [-0.05, 0) is 24.3 Å². The van der Waals surface area contributed by atoms with Crippen LogP contribution >= 0.6 is 12.4 Å². The van der Waals surface area contributed by atoms with Crippen LogP contribution < -0.4 is 15.2 Å². The predicted molar refractivity (Wildman–Crippen MR) is 77.5 cm³/mol. The number of rotatable bonds is 4. The Balaban J connectivity index is 0.00000200. The number of nitrogens with zero attached hydrogens (tertiary/aromatic N) is 2. The highest BCUT2D eigenvalue weighted by Gasteiger charge is 2.15. The summed E-state index contributed by atoms with van der Waals surface area (Å²) >= 11 is 0. The molecule has 1 aromatic carbocycles. The van der Waals surface area contributed by atoms with E-state index in [1.165, 1.54) is 43.8 Å². The molecule has 0 saturated heterocycles. The molecule has 108 valence electrons. The number of ether oxygens (including phenoxy) is 1. The molecule has 0 aliphatic rings. The fourth-order valence-electron chi connectivity index (χ4n) is 1.30. The highest BCUT2D eigenvalue weighted by atomic mass is 35.5. The molecule has 0 aliphatic heterocycles. The van der Waals surface area contributed by atoms with Crippen LogP contribution in [0.1, 0.15) is 0 Å². The molecule has 0 amide bonds. The summed E-state index contributed by atoms with van der Waals surface area (Å²) < 4.78 is 31.1. The maximum atomic E-state index is 12.0. The van der Waals surface area contributed by atoms with Crippen molar-refractivity contribution in [1.82, 2.24) is 9.97 Å². The highest BCUT2D eigenvalue weighted by Crippen LogP contribution is 2.15. The van der Waals surface area contributed by atoms with Crippen LogP contribution in [0.25, 0.3) is 0 Å². The van der Waals surface area contributed by atoms with E-state index >= 15 is 0 Å². The van der Waals surface area contributed by atoms with E-state index in [1.54, 1.807) is 0 Å². The van der Waals surface area contributed by atoms with Gasteiger partial charge in [-0.15, -0.1) is 12.4 Å². The summed E-state index contributed by atoms with van der Waals surface area (Å²) in [5, 5.41) is 0. The fourth-order valence-corrected chi connectivity index (χ4v) is 2.26. The molecule has 0 aliphatic carbocycles. The normalized spacial score (nSPS) is 10.4. The first-order valence-electron chi connectivity index (χ1n) is 5.25. The van der Waals surface area contributed by atoms with Gasteiger partial charge in [-0.1, -0.05) is 0 Å². The molecule has 0 atom stereocenters. The van der Waals surface area contributed by atoms with E-state index in [4.69, 9.17) is 10.5 Å². The molecule has 7 nitrogen and oxygen atoms in total. The topological polar surface area (TPSA) is 107 Å². The maximum absolute atomic E-state index is 12.0. The number of halogens is 1. The molecule has 20 heavy (non-hydrogen) atoms. The number of nitrogen functional groups attached to an aromatic ring is 1. The number of anilines is 2. The SMILES string of the molecule is COc1cnc(NS(=O)(=O)c2ccc(N)cc2)nc1.Cl. The van der Waals surface area contributed by atoms with Gasteiger partial charge in [0.1, 0.15) is 0 Å². The Kier molecular flexibility index (Phi) is 5.12. The minimum absolute atomic E-state index is 0. The summed E-state index contributed by atoms with van der Waals surface area (Å²) in [6.45, 7) is 0. The Morgan fingerprint density at radius 1 is 1.15 bits per heavy atom. The Morgan fingerprint density at radius 3 is 2.20 bits per heavy atom. The smallest absolute Gasteiger partial charge is 0.264 e. The zero-order chi connectivity index (χ0) is 13.9. The summed E-state index contributed by atoms with van der Waals surface area (Å²) in [7, 11) is -2.25. The van der Waals surface area contributed by atoms with Crippen molar-refractivity contribution < 1.29 is 13.2 Å². The largest absolute Gasteiger partial charge is 0.494 e. The van der Waals surface area contributed by atoms with Gasteiger partial charge in [0.25, 0.3) is 10.0 Å². The van der Waals surface area contributed by atoms with Gasteiger partial charge in [-0.25, -0.2) is 23.1 Å². The van der Waals surface area contributed by atoms with E-state index in [1.807, 2.05) is 0 Å². The summed E-state index contributed by atoms with van der Waals surface area (Å²) in [6.07, 6.45) is 2.74. The average Bonchev–Trinajstić information content (AvgIpc) is 2.40. The fraction of sp³-hybridized carbons (Fsp3) is 0.0909. The maximum Gasteiger partial charge on any atom is 0.264 e. The molecule has 9 heteroatoms. The Morgan fingerprint density at radius 2 is 1.70 bits per heavy atom. The number of aromatic nitrogens is 2. The Bertz CT molecular complexity index is 659. The second-order valence-electron chi connectivity index (χ2n) is 3.62. The number of hydrogen-bond donors (Lipinski definition) is 2. The molecule has 0 unspecified atom stereocenters. The van der Waals surface area contributed by atoms with Gasteiger partial charge in [0.15, 0.2) is 5.75 Å². The van der Waals surface area contributed by atoms with Crippen molar-refractivity contribution in [1.29, 1.82) is 0 Å². The van der Waals surface area contributed by atoms with Crippen LogP contribution in [0.3, 0.4) is 0 Å². The summed E-state index contributed by atoms with van der Waals surface area (Å²) in [5.74, 6) is 0.410. The van der Waals surface area contributed by atoms with Gasteiger partial charge in [0.2, 0.25) is 5.95 Å². The van der Waals surface area contributed by atoms with Crippen molar-refractivity contribution in [2.45, 2.75) is 4.90 Å².